The Balaban J connectivity index is 1.26. The van der Waals surface area contributed by atoms with Gasteiger partial charge in [0.25, 0.3) is 0 Å². The van der Waals surface area contributed by atoms with Crippen molar-refractivity contribution in [3.05, 3.63) is 59.7 Å². The number of likely N-dealkylation sites (N-methyl/N-ethyl adjacent to an activating group) is 1. The number of hydrogen-bond donors (Lipinski definition) is 2. The number of hydrogen-bond acceptors (Lipinski definition) is 9. The van der Waals surface area contributed by atoms with Crippen LogP contribution in [0.15, 0.2) is 48.5 Å². The smallest absolute Gasteiger partial charge is 0.407 e. The van der Waals surface area contributed by atoms with Crippen LogP contribution in [0.3, 0.4) is 0 Å². The fraction of sp³-hybridized carbons (Fsp3) is 0.615. The molecule has 51 heavy (non-hydrogen) atoms. The number of nitrogens with zero attached hydrogens (tertiary/aromatic N) is 1. The zero-order valence-corrected chi connectivity index (χ0v) is 31.5. The van der Waals surface area contributed by atoms with Crippen molar-refractivity contribution < 1.29 is 47.3 Å². The molecule has 0 bridgehead atoms. The first-order valence-corrected chi connectivity index (χ1v) is 18.1. The van der Waals surface area contributed by atoms with Gasteiger partial charge in [0.1, 0.15) is 24.8 Å². The van der Waals surface area contributed by atoms with Gasteiger partial charge in [0.05, 0.1) is 74.0 Å². The molecule has 3 rings (SSSR count). The van der Waals surface area contributed by atoms with Crippen LogP contribution < -0.4 is 10.6 Å². The number of amides is 2. The molecule has 2 aromatic rings. The highest BCUT2D eigenvalue weighted by Crippen LogP contribution is 2.44. The first-order valence-electron chi connectivity index (χ1n) is 18.1. The van der Waals surface area contributed by atoms with E-state index in [1.54, 1.807) is 20.8 Å². The van der Waals surface area contributed by atoms with E-state index in [9.17, 15) is 14.4 Å². The van der Waals surface area contributed by atoms with E-state index in [0.717, 1.165) is 33.3 Å². The summed E-state index contributed by atoms with van der Waals surface area (Å²) in [6, 6.07) is 15.3. The summed E-state index contributed by atoms with van der Waals surface area (Å²) in [7, 11) is 6.39. The zero-order chi connectivity index (χ0) is 37.1. The van der Waals surface area contributed by atoms with Crippen LogP contribution in [0, 0.1) is 0 Å². The quantitative estimate of drug-likeness (QED) is 0.0905. The summed E-state index contributed by atoms with van der Waals surface area (Å²) >= 11 is 0. The Labute approximate surface area is 304 Å². The molecule has 1 aliphatic carbocycles. The monoisotopic (exact) mass is 714 g/mol. The van der Waals surface area contributed by atoms with Crippen molar-refractivity contribution >= 4 is 18.0 Å². The number of carbonyl (C=O) groups excluding carboxylic acids is 3. The second kappa shape index (κ2) is 21.7. The van der Waals surface area contributed by atoms with Gasteiger partial charge < -0.3 is 43.5 Å². The number of nitrogens with one attached hydrogen (secondary N) is 2. The van der Waals surface area contributed by atoms with Gasteiger partial charge in [0, 0.05) is 18.9 Å². The zero-order valence-electron chi connectivity index (χ0n) is 31.5. The molecule has 0 heterocycles. The summed E-state index contributed by atoms with van der Waals surface area (Å²) in [5.74, 6) is -0.729. The molecule has 12 nitrogen and oxygen atoms in total. The van der Waals surface area contributed by atoms with Crippen LogP contribution in [0.5, 0.6) is 0 Å². The number of unbranched alkanes of at least 4 members (excludes halogenated alkanes) is 1. The summed E-state index contributed by atoms with van der Waals surface area (Å²) in [5, 5.41) is 5.60. The molecule has 2 N–H and O–H groups in total. The van der Waals surface area contributed by atoms with Crippen LogP contribution in [0.25, 0.3) is 11.1 Å². The van der Waals surface area contributed by atoms with Gasteiger partial charge in [0.15, 0.2) is 0 Å². The molecular weight excluding hydrogens is 654 g/mol. The molecule has 0 aromatic heterocycles. The van der Waals surface area contributed by atoms with Gasteiger partial charge in [0.2, 0.25) is 5.91 Å². The van der Waals surface area contributed by atoms with E-state index in [1.807, 2.05) is 24.3 Å². The highest BCUT2D eigenvalue weighted by molar-refractivity contribution is 5.82. The average molecular weight is 715 g/mol. The molecule has 12 heteroatoms. The predicted octanol–water partition coefficient (Wildman–Crippen LogP) is 4.68. The number of carbonyl (C=O) groups is 3. The van der Waals surface area contributed by atoms with Crippen molar-refractivity contribution in [3.63, 3.8) is 0 Å². The van der Waals surface area contributed by atoms with E-state index >= 15 is 0 Å². The van der Waals surface area contributed by atoms with Crippen LogP contribution in [-0.4, -0.2) is 128 Å². The van der Waals surface area contributed by atoms with Crippen molar-refractivity contribution in [2.24, 2.45) is 0 Å². The minimum atomic E-state index is -0.880. The number of benzene rings is 2. The number of quaternary nitrogens is 1. The van der Waals surface area contributed by atoms with Gasteiger partial charge in [-0.1, -0.05) is 48.5 Å². The number of ether oxygens (including phenoxy) is 6. The summed E-state index contributed by atoms with van der Waals surface area (Å²) in [6.07, 6.45) is 1.10. The maximum absolute atomic E-state index is 13.0. The van der Waals surface area contributed by atoms with Gasteiger partial charge in [-0.15, -0.1) is 0 Å². The standard InChI is InChI=1S/C39H59N3O9/c1-39(2,3)51-37(44)35(41-38(45)50-29-34-32-15-9-7-13-30(32)31-14-8-10-16-33(31)34)17-11-12-19-40-36(43)18-21-46-23-25-48-27-28-49-26-24-47-22-20-42(4,5)6/h7-10,13-16,34-35H,11-12,17-29H2,1-6H3,(H-,40,41,43,45)/p+1/t35-/m0/s1. The third-order valence-corrected chi connectivity index (χ3v) is 8.06. The van der Waals surface area contributed by atoms with Crippen LogP contribution in [0.1, 0.15) is 63.5 Å². The lowest BCUT2D eigenvalue weighted by Crippen LogP contribution is -2.44. The maximum atomic E-state index is 13.0. The molecule has 1 atom stereocenters. The maximum Gasteiger partial charge on any atom is 0.407 e. The van der Waals surface area contributed by atoms with E-state index in [-0.39, 0.29) is 24.9 Å². The van der Waals surface area contributed by atoms with Crippen molar-refractivity contribution in [1.29, 1.82) is 0 Å². The summed E-state index contributed by atoms with van der Waals surface area (Å²) < 4.78 is 34.2. The Bertz CT molecular complexity index is 1310. The molecule has 2 amide bonds. The highest BCUT2D eigenvalue weighted by atomic mass is 16.6. The molecule has 0 spiro atoms. The predicted molar refractivity (Wildman–Crippen MR) is 195 cm³/mol. The molecule has 0 fully saturated rings. The largest absolute Gasteiger partial charge is 0.458 e. The van der Waals surface area contributed by atoms with Crippen molar-refractivity contribution in [2.75, 3.05) is 93.7 Å². The summed E-state index contributed by atoms with van der Waals surface area (Å²) in [4.78, 5) is 38.2. The van der Waals surface area contributed by atoms with E-state index in [0.29, 0.717) is 78.7 Å². The second-order valence-electron chi connectivity index (χ2n) is 14.6. The molecule has 0 saturated heterocycles. The van der Waals surface area contributed by atoms with Gasteiger partial charge >= 0.3 is 12.1 Å². The van der Waals surface area contributed by atoms with Crippen molar-refractivity contribution in [2.45, 2.75) is 64.0 Å². The Morgan fingerprint density at radius 2 is 1.27 bits per heavy atom. The second-order valence-corrected chi connectivity index (χ2v) is 14.6. The molecule has 1 aliphatic rings. The fourth-order valence-electron chi connectivity index (χ4n) is 5.46. The lowest BCUT2D eigenvalue weighted by molar-refractivity contribution is -0.870. The Hall–Kier alpha value is -3.55. The number of alkyl carbamates (subject to hydrolysis) is 1. The van der Waals surface area contributed by atoms with Gasteiger partial charge in [-0.25, -0.2) is 9.59 Å². The number of rotatable bonds is 24. The minimum Gasteiger partial charge on any atom is -0.458 e. The third-order valence-electron chi connectivity index (χ3n) is 8.06. The lowest BCUT2D eigenvalue weighted by Gasteiger charge is -2.24. The average Bonchev–Trinajstić information content (AvgIpc) is 3.39. The van der Waals surface area contributed by atoms with Crippen molar-refractivity contribution in [1.82, 2.24) is 10.6 Å². The molecule has 284 valence electrons. The van der Waals surface area contributed by atoms with E-state index in [2.05, 4.69) is 56.0 Å². The molecule has 0 saturated carbocycles. The highest BCUT2D eigenvalue weighted by Gasteiger charge is 2.31. The summed E-state index contributed by atoms with van der Waals surface area (Å²) in [5.41, 5.74) is 3.78. The topological polar surface area (TPSA) is 131 Å². The molecule has 0 radical (unpaired) electrons. The molecular formula is C39H60N3O9+. The minimum absolute atomic E-state index is 0.0884. The van der Waals surface area contributed by atoms with Gasteiger partial charge in [-0.2, -0.15) is 0 Å². The number of fused-ring (bicyclic) bond motifs is 3. The van der Waals surface area contributed by atoms with Crippen LogP contribution >= 0.6 is 0 Å². The van der Waals surface area contributed by atoms with E-state index in [4.69, 9.17) is 28.4 Å². The van der Waals surface area contributed by atoms with E-state index in [1.165, 1.54) is 0 Å². The Morgan fingerprint density at radius 3 is 1.82 bits per heavy atom. The van der Waals surface area contributed by atoms with Gasteiger partial charge in [-0.05, 0) is 62.3 Å². The van der Waals surface area contributed by atoms with Crippen molar-refractivity contribution in [3.8, 4) is 11.1 Å². The lowest BCUT2D eigenvalue weighted by atomic mass is 9.98. The van der Waals surface area contributed by atoms with Crippen LogP contribution in [0.4, 0.5) is 4.79 Å². The van der Waals surface area contributed by atoms with Crippen LogP contribution in [-0.2, 0) is 38.0 Å². The molecule has 0 aliphatic heterocycles. The van der Waals surface area contributed by atoms with Gasteiger partial charge in [-0.3, -0.25) is 4.79 Å². The SMILES string of the molecule is CC(C)(C)OC(=O)[C@H](CCCCNC(=O)CCOCCOCCOCCOCC[N+](C)(C)C)NC(=O)OCC1c2ccccc2-c2ccccc21. The molecule has 2 aromatic carbocycles. The Morgan fingerprint density at radius 1 is 0.745 bits per heavy atom. The summed E-state index contributed by atoms with van der Waals surface area (Å²) in [6.45, 7) is 10.8. The fourth-order valence-corrected chi connectivity index (χ4v) is 5.46. The van der Waals surface area contributed by atoms with Crippen LogP contribution in [0.2, 0.25) is 0 Å². The molecule has 0 unspecified atom stereocenters. The first-order chi connectivity index (χ1) is 24.3. The number of esters is 1. The normalized spacial score (nSPS) is 13.3. The first kappa shape index (κ1) is 41.9. The van der Waals surface area contributed by atoms with E-state index < -0.39 is 23.7 Å². The third kappa shape index (κ3) is 16.6. The Kier molecular flexibility index (Phi) is 17.8.